The summed E-state index contributed by atoms with van der Waals surface area (Å²) in [6.07, 6.45) is 3.67. The first-order valence-electron chi connectivity index (χ1n) is 13.5. The van der Waals surface area contributed by atoms with E-state index in [1.54, 1.807) is 0 Å². The van der Waals surface area contributed by atoms with Crippen molar-refractivity contribution < 1.29 is 76.6 Å². The van der Waals surface area contributed by atoms with Crippen molar-refractivity contribution in [3.05, 3.63) is 35.5 Å². The summed E-state index contributed by atoms with van der Waals surface area (Å²) in [7, 11) is 0. The van der Waals surface area contributed by atoms with Gasteiger partial charge in [-0.25, -0.2) is 0 Å². The molecule has 0 rings (SSSR count). The summed E-state index contributed by atoms with van der Waals surface area (Å²) in [6.45, 7) is 32.5. The zero-order chi connectivity index (χ0) is 32.6. The van der Waals surface area contributed by atoms with Crippen LogP contribution in [-0.4, -0.2) is 17.3 Å². The van der Waals surface area contributed by atoms with Crippen LogP contribution in [-0.2, 0) is 14.4 Å². The van der Waals surface area contributed by atoms with E-state index < -0.39 is 32.5 Å². The third-order valence-corrected chi connectivity index (χ3v) is 5.22. The summed E-state index contributed by atoms with van der Waals surface area (Å²) >= 11 is 0. The minimum absolute atomic E-state index is 0. The molecule has 40 heavy (non-hydrogen) atoms. The number of hydrogen-bond donors (Lipinski definition) is 0. The Balaban J connectivity index is -0.000000240. The summed E-state index contributed by atoms with van der Waals surface area (Å²) in [5.41, 5.74) is -2.74. The van der Waals surface area contributed by atoms with E-state index in [-0.39, 0.29) is 81.6 Å². The summed E-state index contributed by atoms with van der Waals surface area (Å²) in [6, 6.07) is 0. The Morgan fingerprint density at radius 2 is 0.475 bits per heavy atom. The fourth-order valence-corrected chi connectivity index (χ4v) is 1.66. The molecule has 0 aromatic rings. The molecule has 0 aliphatic carbocycles. The van der Waals surface area contributed by atoms with E-state index in [2.05, 4.69) is 0 Å². The topological polar surface area (TPSA) is 120 Å². The maximum absolute atomic E-state index is 11.4. The van der Waals surface area contributed by atoms with E-state index >= 15 is 0 Å². The molecule has 0 amide bonds. The van der Waals surface area contributed by atoms with Gasteiger partial charge in [0.25, 0.3) is 0 Å². The number of allylic oxidation sites excluding steroid dienone is 6. The molecule has 0 bridgehead atoms. The molecule has 0 unspecified atom stereocenters. The van der Waals surface area contributed by atoms with Gasteiger partial charge in [0, 0.05) is 16.2 Å². The minimum atomic E-state index is -0.457. The van der Waals surface area contributed by atoms with Crippen molar-refractivity contribution >= 4 is 17.3 Å². The first-order chi connectivity index (χ1) is 16.6. The summed E-state index contributed by atoms with van der Waals surface area (Å²) in [5, 5.41) is 34.3. The maximum Gasteiger partial charge on any atom is 3.00 e. The molecule has 0 aromatic heterocycles. The summed E-state index contributed by atoms with van der Waals surface area (Å²) in [5.74, 6) is -0.625. The molecular formula is C33H57O6Yb. The van der Waals surface area contributed by atoms with Crippen LogP contribution in [0.5, 0.6) is 0 Å². The Labute approximate surface area is 284 Å². The Hall–Kier alpha value is -0.851. The fourth-order valence-electron chi connectivity index (χ4n) is 1.66. The predicted octanol–water partition coefficient (Wildman–Crippen LogP) is 5.68. The minimum Gasteiger partial charge on any atom is -0.875 e. The van der Waals surface area contributed by atoms with Gasteiger partial charge in [0.15, 0.2) is 17.3 Å². The number of ketones is 3. The van der Waals surface area contributed by atoms with Crippen LogP contribution in [0.25, 0.3) is 0 Å². The molecule has 0 spiro atoms. The molecule has 1 radical (unpaired) electrons. The zero-order valence-electron chi connectivity index (χ0n) is 28.4. The van der Waals surface area contributed by atoms with E-state index in [0.29, 0.717) is 0 Å². The molecular weight excluding hydrogens is 665 g/mol. The van der Waals surface area contributed by atoms with Crippen LogP contribution >= 0.6 is 0 Å². The van der Waals surface area contributed by atoms with Gasteiger partial charge in [-0.05, 0) is 34.5 Å². The number of carbonyl (C=O) groups is 3. The Morgan fingerprint density at radius 1 is 0.350 bits per heavy atom. The molecule has 0 aliphatic heterocycles. The Morgan fingerprint density at radius 3 is 0.550 bits per heavy atom. The quantitative estimate of drug-likeness (QED) is 0.273. The largest absolute Gasteiger partial charge is 3.00 e. The molecule has 6 nitrogen and oxygen atoms in total. The average molecular weight is 723 g/mol. The molecule has 0 saturated carbocycles. The standard InChI is InChI=1S/3C11H20O2.Yb/c3*1-10(2,3)8(12)7-9(13)11(4,5)6;/h3*7,12H,1-6H3;/q;;;+3/p-3/b3*8-7-;. The number of hydrogen-bond acceptors (Lipinski definition) is 6. The normalized spacial score (nSPS) is 14.1. The Bertz CT molecular complexity index is 801. The molecule has 0 fully saturated rings. The molecule has 0 aliphatic rings. The van der Waals surface area contributed by atoms with Crippen LogP contribution in [0, 0.1) is 79.4 Å². The van der Waals surface area contributed by atoms with Crippen LogP contribution < -0.4 is 15.3 Å². The Kier molecular flexibility index (Phi) is 19.3. The molecule has 0 aromatic carbocycles. The van der Waals surface area contributed by atoms with E-state index in [4.69, 9.17) is 0 Å². The number of carbonyl (C=O) groups excluding carboxylic acids is 3. The van der Waals surface area contributed by atoms with E-state index in [1.165, 1.54) is 18.2 Å². The van der Waals surface area contributed by atoms with Crippen LogP contribution in [0.2, 0.25) is 0 Å². The van der Waals surface area contributed by atoms with E-state index in [0.717, 1.165) is 0 Å². The van der Waals surface area contributed by atoms with Crippen molar-refractivity contribution in [2.24, 2.45) is 32.5 Å². The van der Waals surface area contributed by atoms with Crippen LogP contribution in [0.15, 0.2) is 35.5 Å². The van der Waals surface area contributed by atoms with Gasteiger partial charge >= 0.3 is 46.9 Å². The molecule has 0 heterocycles. The third-order valence-electron chi connectivity index (χ3n) is 5.22. The zero-order valence-corrected chi connectivity index (χ0v) is 30.2. The van der Waals surface area contributed by atoms with Gasteiger partial charge in [0.05, 0.1) is 0 Å². The van der Waals surface area contributed by atoms with Crippen molar-refractivity contribution in [2.75, 3.05) is 0 Å². The van der Waals surface area contributed by atoms with E-state index in [1.807, 2.05) is 125 Å². The van der Waals surface area contributed by atoms with Crippen LogP contribution in [0.1, 0.15) is 125 Å². The van der Waals surface area contributed by atoms with Crippen molar-refractivity contribution in [3.8, 4) is 0 Å². The van der Waals surface area contributed by atoms with E-state index in [9.17, 15) is 29.7 Å². The monoisotopic (exact) mass is 723 g/mol. The first kappa shape index (κ1) is 46.1. The fraction of sp³-hybridized carbons (Fsp3) is 0.727. The van der Waals surface area contributed by atoms with Crippen molar-refractivity contribution in [1.82, 2.24) is 0 Å². The summed E-state index contributed by atoms with van der Waals surface area (Å²) in [4.78, 5) is 34.3. The molecule has 0 saturated heterocycles. The smallest absolute Gasteiger partial charge is 0.875 e. The van der Waals surface area contributed by atoms with Gasteiger partial charge < -0.3 is 15.3 Å². The molecule has 0 atom stereocenters. The van der Waals surface area contributed by atoms with Crippen molar-refractivity contribution in [3.63, 3.8) is 0 Å². The van der Waals surface area contributed by atoms with Crippen LogP contribution in [0.4, 0.5) is 0 Å². The second kappa shape index (κ2) is 16.7. The first-order valence-corrected chi connectivity index (χ1v) is 13.5. The SMILES string of the molecule is CC(C)(C)C(=O)/C=C(\[O-])C(C)(C)C.CC(C)(C)C(=O)/C=C(\[O-])C(C)(C)C.CC(C)(C)C(=O)/C=C(\[O-])C(C)(C)C.[Yb+3]. The second-order valence-corrected chi connectivity index (χ2v) is 16.1. The van der Waals surface area contributed by atoms with Gasteiger partial charge in [0.1, 0.15) is 0 Å². The van der Waals surface area contributed by atoms with Gasteiger partial charge in [-0.15, -0.1) is 17.3 Å². The second-order valence-electron chi connectivity index (χ2n) is 16.1. The van der Waals surface area contributed by atoms with Gasteiger partial charge in [-0.3, -0.25) is 14.4 Å². The molecule has 239 valence electrons. The molecule has 0 N–H and O–H groups in total. The van der Waals surface area contributed by atoms with Crippen molar-refractivity contribution in [2.45, 2.75) is 125 Å². The maximum atomic E-state index is 11.4. The van der Waals surface area contributed by atoms with Crippen molar-refractivity contribution in [1.29, 1.82) is 0 Å². The van der Waals surface area contributed by atoms with Gasteiger partial charge in [0.2, 0.25) is 0 Å². The number of rotatable bonds is 3. The molecule has 7 heteroatoms. The third kappa shape index (κ3) is 21.8. The average Bonchev–Trinajstić information content (AvgIpc) is 2.64. The van der Waals surface area contributed by atoms with Gasteiger partial charge in [-0.2, -0.15) is 0 Å². The van der Waals surface area contributed by atoms with Gasteiger partial charge in [-0.1, -0.05) is 125 Å². The summed E-state index contributed by atoms with van der Waals surface area (Å²) < 4.78 is 0. The van der Waals surface area contributed by atoms with Crippen LogP contribution in [0.3, 0.4) is 0 Å². The predicted molar refractivity (Wildman–Crippen MR) is 156 cm³/mol.